The van der Waals surface area contributed by atoms with Crippen molar-refractivity contribution in [1.29, 1.82) is 0 Å². The number of hydrogen-bond acceptors (Lipinski definition) is 4. The van der Waals surface area contributed by atoms with E-state index in [1.54, 1.807) is 18.2 Å². The Labute approximate surface area is 125 Å². The average Bonchev–Trinajstić information content (AvgIpc) is 2.88. The lowest BCUT2D eigenvalue weighted by molar-refractivity contribution is 0.581. The molecule has 1 aromatic heterocycles. The van der Waals surface area contributed by atoms with Gasteiger partial charge in [-0.15, -0.1) is 5.10 Å². The third kappa shape index (κ3) is 2.96. The number of hydrogen-bond donors (Lipinski definition) is 2. The second-order valence-electron chi connectivity index (χ2n) is 4.64. The van der Waals surface area contributed by atoms with E-state index < -0.39 is 16.0 Å². The maximum absolute atomic E-state index is 14.3. The van der Waals surface area contributed by atoms with Gasteiger partial charge in [0.1, 0.15) is 17.0 Å². The number of aromatic nitrogens is 3. The van der Waals surface area contributed by atoms with Crippen molar-refractivity contribution in [1.82, 2.24) is 19.7 Å². The third-order valence-corrected chi connectivity index (χ3v) is 3.62. The number of nitrogens with zero attached hydrogens (tertiary/aromatic N) is 3. The Bertz CT molecular complexity index is 939. The van der Waals surface area contributed by atoms with Gasteiger partial charge >= 0.3 is 0 Å². The Morgan fingerprint density at radius 1 is 1.23 bits per heavy atom. The monoisotopic (exact) mass is 321 g/mol. The molecule has 3 N–H and O–H groups in total. The lowest BCUT2D eigenvalue weighted by Crippen LogP contribution is -2.30. The van der Waals surface area contributed by atoms with Crippen LogP contribution in [0.2, 0.25) is 0 Å². The molecular formula is C13H12FN5O2S. The van der Waals surface area contributed by atoms with Crippen LogP contribution in [0, 0.1) is 5.82 Å². The number of nitrogens with two attached hydrogens (primary N) is 1. The Morgan fingerprint density at radius 2 is 2.00 bits per heavy atom. The molecule has 2 aromatic carbocycles. The maximum atomic E-state index is 14.3. The van der Waals surface area contributed by atoms with Crippen molar-refractivity contribution in [2.45, 2.75) is 6.54 Å². The molecule has 0 aliphatic heterocycles. The molecule has 0 amide bonds. The molecular weight excluding hydrogens is 309 g/mol. The average molecular weight is 321 g/mol. The summed E-state index contributed by atoms with van der Waals surface area (Å²) in [6.45, 7) is -0.0891. The number of fused-ring (bicyclic) bond motifs is 1. The van der Waals surface area contributed by atoms with Crippen molar-refractivity contribution in [2.24, 2.45) is 5.14 Å². The zero-order chi connectivity index (χ0) is 15.7. The van der Waals surface area contributed by atoms with Crippen LogP contribution in [0.15, 0.2) is 42.5 Å². The normalized spacial score (nSPS) is 11.9. The molecule has 0 aliphatic carbocycles. The molecule has 0 saturated carbocycles. The van der Waals surface area contributed by atoms with Crippen LogP contribution in [0.25, 0.3) is 16.7 Å². The molecule has 0 spiro atoms. The Balaban J connectivity index is 1.96. The fourth-order valence-corrected chi connectivity index (χ4v) is 2.43. The van der Waals surface area contributed by atoms with Gasteiger partial charge in [0.15, 0.2) is 0 Å². The van der Waals surface area contributed by atoms with Gasteiger partial charge in [-0.1, -0.05) is 23.4 Å². The van der Waals surface area contributed by atoms with Gasteiger partial charge in [-0.25, -0.2) is 14.2 Å². The van der Waals surface area contributed by atoms with Gasteiger partial charge in [-0.2, -0.15) is 13.1 Å². The Hall–Kier alpha value is -2.36. The molecule has 9 heteroatoms. The molecule has 3 aromatic rings. The summed E-state index contributed by atoms with van der Waals surface area (Å²) in [5, 5.41) is 12.7. The number of nitrogens with one attached hydrogen (secondary N) is 1. The highest BCUT2D eigenvalue weighted by Gasteiger charge is 2.11. The molecule has 1 heterocycles. The summed E-state index contributed by atoms with van der Waals surface area (Å²) in [4.78, 5) is 0. The summed E-state index contributed by atoms with van der Waals surface area (Å²) >= 11 is 0. The van der Waals surface area contributed by atoms with Crippen molar-refractivity contribution in [3.8, 4) is 5.69 Å². The predicted octanol–water partition coefficient (Wildman–Crippen LogP) is 0.853. The highest BCUT2D eigenvalue weighted by molar-refractivity contribution is 7.87. The molecule has 0 radical (unpaired) electrons. The molecule has 3 rings (SSSR count). The van der Waals surface area contributed by atoms with Crippen LogP contribution in [0.4, 0.5) is 4.39 Å². The smallest absolute Gasteiger partial charge is 0.216 e. The Kier molecular flexibility index (Phi) is 3.61. The van der Waals surface area contributed by atoms with E-state index in [0.717, 1.165) is 0 Å². The van der Waals surface area contributed by atoms with E-state index in [1.807, 2.05) is 12.1 Å². The first-order chi connectivity index (χ1) is 10.4. The van der Waals surface area contributed by atoms with Crippen LogP contribution in [0.5, 0.6) is 0 Å². The van der Waals surface area contributed by atoms with Crippen molar-refractivity contribution >= 4 is 21.2 Å². The number of halogens is 1. The van der Waals surface area contributed by atoms with Gasteiger partial charge in [0.25, 0.3) is 10.2 Å². The van der Waals surface area contributed by atoms with Crippen LogP contribution in [-0.4, -0.2) is 23.4 Å². The summed E-state index contributed by atoms with van der Waals surface area (Å²) in [5.41, 5.74) is 2.01. The van der Waals surface area contributed by atoms with Crippen LogP contribution in [0.1, 0.15) is 5.56 Å². The molecule has 114 valence electrons. The van der Waals surface area contributed by atoms with Gasteiger partial charge < -0.3 is 0 Å². The lowest BCUT2D eigenvalue weighted by Gasteiger charge is -2.07. The summed E-state index contributed by atoms with van der Waals surface area (Å²) in [6.07, 6.45) is 0. The van der Waals surface area contributed by atoms with Gasteiger partial charge in [0, 0.05) is 6.54 Å². The lowest BCUT2D eigenvalue weighted by atomic mass is 10.2. The van der Waals surface area contributed by atoms with Crippen LogP contribution in [0.3, 0.4) is 0 Å². The number of para-hydroxylation sites is 1. The molecule has 0 fully saturated rings. The minimum atomic E-state index is -3.82. The first-order valence-corrected chi connectivity index (χ1v) is 7.85. The molecule has 0 bridgehead atoms. The minimum absolute atomic E-state index is 0.0891. The number of rotatable bonds is 4. The fraction of sp³-hybridized carbons (Fsp3) is 0.0769. The van der Waals surface area contributed by atoms with Crippen molar-refractivity contribution in [2.75, 3.05) is 0 Å². The number of benzene rings is 2. The molecule has 22 heavy (non-hydrogen) atoms. The Morgan fingerprint density at radius 3 is 2.73 bits per heavy atom. The molecule has 0 atom stereocenters. The quantitative estimate of drug-likeness (QED) is 0.743. The van der Waals surface area contributed by atoms with E-state index in [-0.39, 0.29) is 12.2 Å². The first-order valence-electron chi connectivity index (χ1n) is 6.31. The largest absolute Gasteiger partial charge is 0.274 e. The summed E-state index contributed by atoms with van der Waals surface area (Å²) in [6, 6.07) is 11.5. The van der Waals surface area contributed by atoms with Crippen molar-refractivity contribution in [3.63, 3.8) is 0 Å². The predicted molar refractivity (Wildman–Crippen MR) is 78.8 cm³/mol. The molecule has 0 aliphatic rings. The topological polar surface area (TPSA) is 103 Å². The van der Waals surface area contributed by atoms with Crippen LogP contribution in [-0.2, 0) is 16.8 Å². The first kappa shape index (κ1) is 14.6. The van der Waals surface area contributed by atoms with E-state index in [2.05, 4.69) is 15.0 Å². The zero-order valence-electron chi connectivity index (χ0n) is 11.3. The van der Waals surface area contributed by atoms with Gasteiger partial charge in [-0.05, 0) is 29.8 Å². The standard InChI is InChI=1S/C13H12FN5O2S/c14-10-7-9(8-16-22(15,20)21)5-6-12(10)19-13-4-2-1-3-11(13)17-18-19/h1-7,16H,8H2,(H2,15,20,21). The highest BCUT2D eigenvalue weighted by Crippen LogP contribution is 2.19. The van der Waals surface area contributed by atoms with E-state index in [1.165, 1.54) is 16.8 Å². The van der Waals surface area contributed by atoms with Crippen LogP contribution < -0.4 is 9.86 Å². The van der Waals surface area contributed by atoms with Crippen molar-refractivity contribution in [3.05, 3.63) is 53.8 Å². The van der Waals surface area contributed by atoms with Crippen LogP contribution >= 0.6 is 0 Å². The maximum Gasteiger partial charge on any atom is 0.274 e. The SMILES string of the molecule is NS(=O)(=O)NCc1ccc(-n2nnc3ccccc32)c(F)c1. The minimum Gasteiger partial charge on any atom is -0.216 e. The second kappa shape index (κ2) is 5.44. The molecule has 0 unspecified atom stereocenters. The van der Waals surface area contributed by atoms with Gasteiger partial charge in [0.05, 0.1) is 5.52 Å². The third-order valence-electron chi connectivity index (χ3n) is 3.07. The fourth-order valence-electron chi connectivity index (χ4n) is 2.06. The molecule has 0 saturated heterocycles. The van der Waals surface area contributed by atoms with Crippen molar-refractivity contribution < 1.29 is 12.8 Å². The van der Waals surface area contributed by atoms with Gasteiger partial charge in [0.2, 0.25) is 0 Å². The van der Waals surface area contributed by atoms with E-state index in [4.69, 9.17) is 5.14 Å². The molecule has 7 nitrogen and oxygen atoms in total. The zero-order valence-corrected chi connectivity index (χ0v) is 12.1. The van der Waals surface area contributed by atoms with E-state index >= 15 is 0 Å². The van der Waals surface area contributed by atoms with E-state index in [9.17, 15) is 12.8 Å². The second-order valence-corrected chi connectivity index (χ2v) is 6.02. The van der Waals surface area contributed by atoms with Gasteiger partial charge in [-0.3, -0.25) is 0 Å². The summed E-state index contributed by atoms with van der Waals surface area (Å²) in [5.74, 6) is -0.538. The summed E-state index contributed by atoms with van der Waals surface area (Å²) in [7, 11) is -3.82. The van der Waals surface area contributed by atoms with E-state index in [0.29, 0.717) is 16.6 Å². The summed E-state index contributed by atoms with van der Waals surface area (Å²) < 4.78 is 39.4. The highest BCUT2D eigenvalue weighted by atomic mass is 32.2.